The molecular weight excluding hydrogens is 292 g/mol. The zero-order valence-corrected chi connectivity index (χ0v) is 13.8. The highest BCUT2D eigenvalue weighted by atomic mass is 16.5. The third-order valence-corrected chi connectivity index (χ3v) is 3.33. The fourth-order valence-electron chi connectivity index (χ4n) is 1.97. The van der Waals surface area contributed by atoms with Gasteiger partial charge in [0.1, 0.15) is 11.6 Å². The number of carbonyl (C=O) groups excluding carboxylic acids is 1. The van der Waals surface area contributed by atoms with E-state index in [1.807, 2.05) is 30.0 Å². The van der Waals surface area contributed by atoms with Gasteiger partial charge in [0.05, 0.1) is 0 Å². The molecule has 0 saturated carbocycles. The van der Waals surface area contributed by atoms with E-state index in [1.54, 1.807) is 25.7 Å². The molecule has 6 nitrogen and oxygen atoms in total. The van der Waals surface area contributed by atoms with E-state index in [0.29, 0.717) is 13.2 Å². The van der Waals surface area contributed by atoms with Crippen molar-refractivity contribution in [2.24, 2.45) is 0 Å². The van der Waals surface area contributed by atoms with E-state index in [-0.39, 0.29) is 11.5 Å². The summed E-state index contributed by atoms with van der Waals surface area (Å²) in [6.45, 7) is 4.54. The van der Waals surface area contributed by atoms with Gasteiger partial charge in [-0.2, -0.15) is 5.26 Å². The summed E-state index contributed by atoms with van der Waals surface area (Å²) < 4.78 is 4.92. The Hall–Kier alpha value is -2.39. The molecule has 0 aliphatic rings. The summed E-state index contributed by atoms with van der Waals surface area (Å²) in [5.74, 6) is -0.342. The molecule has 0 aliphatic heterocycles. The number of hydrogen-bond donors (Lipinski definition) is 1. The first-order chi connectivity index (χ1) is 11.2. The molecular formula is C17H24N4O2. The zero-order valence-electron chi connectivity index (χ0n) is 13.8. The van der Waals surface area contributed by atoms with E-state index in [0.717, 1.165) is 25.9 Å². The van der Waals surface area contributed by atoms with Crippen LogP contribution in [0.15, 0.2) is 36.3 Å². The predicted octanol–water partition coefficient (Wildman–Crippen LogP) is 1.51. The number of nitrogens with zero attached hydrogens (tertiary/aromatic N) is 3. The van der Waals surface area contributed by atoms with Gasteiger partial charge in [0, 0.05) is 51.9 Å². The Morgan fingerprint density at radius 2 is 2.22 bits per heavy atom. The lowest BCUT2D eigenvalue weighted by atomic mass is 10.2. The second kappa shape index (κ2) is 11.2. The minimum absolute atomic E-state index is 0.124. The molecule has 0 aliphatic carbocycles. The van der Waals surface area contributed by atoms with E-state index < -0.39 is 0 Å². The maximum absolute atomic E-state index is 12.0. The van der Waals surface area contributed by atoms with Crippen LogP contribution in [0.2, 0.25) is 0 Å². The number of pyridine rings is 1. The maximum Gasteiger partial charge on any atom is 0.263 e. The smallest absolute Gasteiger partial charge is 0.263 e. The first kappa shape index (κ1) is 18.7. The summed E-state index contributed by atoms with van der Waals surface area (Å²) in [4.78, 5) is 17.9. The molecule has 1 aromatic rings. The molecule has 1 rings (SSSR count). The average molecular weight is 316 g/mol. The Balaban J connectivity index is 2.55. The Morgan fingerprint density at radius 3 is 2.83 bits per heavy atom. The molecule has 0 fully saturated rings. The van der Waals surface area contributed by atoms with Crippen molar-refractivity contribution in [1.29, 1.82) is 5.26 Å². The lowest BCUT2D eigenvalue weighted by Gasteiger charge is -2.18. The first-order valence-electron chi connectivity index (χ1n) is 7.73. The Morgan fingerprint density at radius 1 is 1.48 bits per heavy atom. The number of carbonyl (C=O) groups is 1. The summed E-state index contributed by atoms with van der Waals surface area (Å²) in [6, 6.07) is 5.90. The van der Waals surface area contributed by atoms with Crippen LogP contribution < -0.4 is 5.32 Å². The number of hydrogen-bond acceptors (Lipinski definition) is 5. The van der Waals surface area contributed by atoms with Gasteiger partial charge in [-0.25, -0.2) is 0 Å². The lowest BCUT2D eigenvalue weighted by molar-refractivity contribution is -0.117. The van der Waals surface area contributed by atoms with Gasteiger partial charge in [0.25, 0.3) is 5.91 Å². The summed E-state index contributed by atoms with van der Waals surface area (Å²) in [5, 5.41) is 11.9. The summed E-state index contributed by atoms with van der Waals surface area (Å²) >= 11 is 0. The molecule has 23 heavy (non-hydrogen) atoms. The number of likely N-dealkylation sites (N-methyl/N-ethyl adjacent to an activating group) is 1. The van der Waals surface area contributed by atoms with Crippen molar-refractivity contribution in [3.8, 4) is 6.07 Å². The molecule has 0 radical (unpaired) electrons. The van der Waals surface area contributed by atoms with E-state index in [2.05, 4.69) is 10.3 Å². The number of nitrogens with one attached hydrogen (secondary N) is 1. The molecule has 1 aromatic heterocycles. The molecule has 0 unspecified atom stereocenters. The maximum atomic E-state index is 12.0. The van der Waals surface area contributed by atoms with Crippen molar-refractivity contribution in [3.05, 3.63) is 41.9 Å². The highest BCUT2D eigenvalue weighted by Gasteiger charge is 2.10. The van der Waals surface area contributed by atoms with Crippen molar-refractivity contribution in [2.45, 2.75) is 19.8 Å². The molecule has 1 heterocycles. The van der Waals surface area contributed by atoms with E-state index in [9.17, 15) is 10.1 Å². The molecule has 1 N–H and O–H groups in total. The number of amides is 1. The zero-order chi connectivity index (χ0) is 16.9. The third kappa shape index (κ3) is 7.43. The third-order valence-electron chi connectivity index (χ3n) is 3.33. The monoisotopic (exact) mass is 316 g/mol. The van der Waals surface area contributed by atoms with Crippen molar-refractivity contribution < 1.29 is 9.53 Å². The highest BCUT2D eigenvalue weighted by Crippen LogP contribution is 2.03. The SMILES string of the molecule is CCN(/C=C(/C#N)C(=O)NCCCOC)CCc1ccncc1. The largest absolute Gasteiger partial charge is 0.385 e. The standard InChI is InChI=1S/C17H24N4O2/c1-3-21(11-7-15-5-9-19-10-6-15)14-16(13-18)17(22)20-8-4-12-23-2/h5-6,9-10,14H,3-4,7-8,11-12H2,1-2H3,(H,20,22)/b16-14-. The fourth-order valence-corrected chi connectivity index (χ4v) is 1.97. The molecule has 0 atom stereocenters. The van der Waals surface area contributed by atoms with Crippen LogP contribution in [0.4, 0.5) is 0 Å². The molecule has 1 amide bonds. The van der Waals surface area contributed by atoms with Gasteiger partial charge in [-0.3, -0.25) is 9.78 Å². The van der Waals surface area contributed by atoms with E-state index in [4.69, 9.17) is 4.74 Å². The number of rotatable bonds is 10. The number of nitriles is 1. The molecule has 0 aromatic carbocycles. The van der Waals surface area contributed by atoms with Crippen molar-refractivity contribution in [3.63, 3.8) is 0 Å². The van der Waals surface area contributed by atoms with Crippen molar-refractivity contribution in [2.75, 3.05) is 33.4 Å². The highest BCUT2D eigenvalue weighted by molar-refractivity contribution is 5.97. The number of aromatic nitrogens is 1. The number of methoxy groups -OCH3 is 1. The Kier molecular flexibility index (Phi) is 9.10. The molecule has 0 saturated heterocycles. The van der Waals surface area contributed by atoms with Gasteiger partial charge in [0.15, 0.2) is 0 Å². The minimum Gasteiger partial charge on any atom is -0.385 e. The summed E-state index contributed by atoms with van der Waals surface area (Å²) in [5.41, 5.74) is 1.30. The Bertz CT molecular complexity index is 537. The van der Waals surface area contributed by atoms with Crippen LogP contribution in [0.25, 0.3) is 0 Å². The van der Waals surface area contributed by atoms with Crippen molar-refractivity contribution in [1.82, 2.24) is 15.2 Å². The van der Waals surface area contributed by atoms with E-state index >= 15 is 0 Å². The van der Waals surface area contributed by atoms with Crippen LogP contribution in [0.1, 0.15) is 18.9 Å². The van der Waals surface area contributed by atoms with Gasteiger partial charge in [-0.05, 0) is 37.5 Å². The molecule has 6 heteroatoms. The fraction of sp³-hybridized carbons (Fsp3) is 0.471. The van der Waals surface area contributed by atoms with Gasteiger partial charge < -0.3 is 15.0 Å². The van der Waals surface area contributed by atoms with Crippen molar-refractivity contribution >= 4 is 5.91 Å². The average Bonchev–Trinajstić information content (AvgIpc) is 2.59. The minimum atomic E-state index is -0.342. The summed E-state index contributed by atoms with van der Waals surface area (Å²) in [7, 11) is 1.62. The van der Waals surface area contributed by atoms with Crippen LogP contribution in [0.3, 0.4) is 0 Å². The second-order valence-corrected chi connectivity index (χ2v) is 4.99. The lowest BCUT2D eigenvalue weighted by Crippen LogP contribution is -2.28. The van der Waals surface area contributed by atoms with Crippen LogP contribution in [0.5, 0.6) is 0 Å². The summed E-state index contributed by atoms with van der Waals surface area (Å²) in [6.07, 6.45) is 6.71. The normalized spacial score (nSPS) is 10.9. The van der Waals surface area contributed by atoms with E-state index in [1.165, 1.54) is 5.56 Å². The topological polar surface area (TPSA) is 78.2 Å². The van der Waals surface area contributed by atoms with Crippen LogP contribution in [-0.4, -0.2) is 49.1 Å². The Labute approximate surface area is 137 Å². The van der Waals surface area contributed by atoms with Gasteiger partial charge in [-0.15, -0.1) is 0 Å². The number of ether oxygens (including phenoxy) is 1. The van der Waals surface area contributed by atoms with Gasteiger partial charge in [0.2, 0.25) is 0 Å². The predicted molar refractivity (Wildman–Crippen MR) is 88.4 cm³/mol. The molecule has 0 bridgehead atoms. The molecule has 124 valence electrons. The quantitative estimate of drug-likeness (QED) is 0.402. The molecule has 0 spiro atoms. The van der Waals surface area contributed by atoms with Gasteiger partial charge in [-0.1, -0.05) is 0 Å². The van der Waals surface area contributed by atoms with Crippen LogP contribution in [-0.2, 0) is 16.0 Å². The van der Waals surface area contributed by atoms with Gasteiger partial charge >= 0.3 is 0 Å². The second-order valence-electron chi connectivity index (χ2n) is 4.99. The van der Waals surface area contributed by atoms with Crippen LogP contribution >= 0.6 is 0 Å². The first-order valence-corrected chi connectivity index (χ1v) is 7.73. The van der Waals surface area contributed by atoms with Crippen LogP contribution in [0, 0.1) is 11.3 Å².